The van der Waals surface area contributed by atoms with Gasteiger partial charge in [-0.25, -0.2) is 0 Å². The van der Waals surface area contributed by atoms with E-state index in [0.29, 0.717) is 6.61 Å². The van der Waals surface area contributed by atoms with Crippen LogP contribution < -0.4 is 0 Å². The van der Waals surface area contributed by atoms with E-state index in [0.717, 1.165) is 24.2 Å². The Morgan fingerprint density at radius 2 is 2.20 bits per heavy atom. The van der Waals surface area contributed by atoms with E-state index in [4.69, 9.17) is 5.11 Å². The quantitative estimate of drug-likeness (QED) is 0.620. The van der Waals surface area contributed by atoms with Gasteiger partial charge in [0.25, 0.3) is 0 Å². The number of hydrogen-bond donors (Lipinski definition) is 1. The molecule has 0 bridgehead atoms. The molecule has 1 heteroatoms. The summed E-state index contributed by atoms with van der Waals surface area (Å²) in [6.07, 6.45) is 6.88. The first kappa shape index (κ1) is 6.66. The Morgan fingerprint density at radius 1 is 1.30 bits per heavy atom. The van der Waals surface area contributed by atoms with E-state index in [1.807, 2.05) is 0 Å². The molecule has 2 saturated carbocycles. The minimum absolute atomic E-state index is 0.411. The van der Waals surface area contributed by atoms with Crippen LogP contribution >= 0.6 is 0 Å². The van der Waals surface area contributed by atoms with E-state index in [1.165, 1.54) is 25.7 Å². The molecule has 0 aromatic rings. The normalized spacial score (nSPS) is 44.7. The SMILES string of the molecule is OCCC1CC2CCCC12. The number of rotatable bonds is 2. The molecule has 0 amide bonds. The van der Waals surface area contributed by atoms with Crippen molar-refractivity contribution in [3.05, 3.63) is 0 Å². The number of fused-ring (bicyclic) bond motifs is 1. The summed E-state index contributed by atoms with van der Waals surface area (Å²) in [5.41, 5.74) is 0. The molecule has 2 aliphatic carbocycles. The van der Waals surface area contributed by atoms with E-state index < -0.39 is 0 Å². The van der Waals surface area contributed by atoms with Gasteiger partial charge in [0.1, 0.15) is 0 Å². The molecule has 3 unspecified atom stereocenters. The lowest BCUT2D eigenvalue weighted by atomic mass is 9.65. The van der Waals surface area contributed by atoms with Gasteiger partial charge in [-0.1, -0.05) is 12.8 Å². The van der Waals surface area contributed by atoms with Crippen molar-refractivity contribution in [2.45, 2.75) is 32.1 Å². The zero-order valence-corrected chi connectivity index (χ0v) is 6.42. The van der Waals surface area contributed by atoms with Crippen LogP contribution in [0.2, 0.25) is 0 Å². The molecule has 2 rings (SSSR count). The van der Waals surface area contributed by atoms with Crippen molar-refractivity contribution in [1.82, 2.24) is 0 Å². The Kier molecular flexibility index (Phi) is 1.69. The molecule has 10 heavy (non-hydrogen) atoms. The maximum absolute atomic E-state index is 8.72. The third-order valence-electron chi connectivity index (χ3n) is 3.43. The van der Waals surface area contributed by atoms with Crippen molar-refractivity contribution >= 4 is 0 Å². The third-order valence-corrected chi connectivity index (χ3v) is 3.43. The van der Waals surface area contributed by atoms with Crippen LogP contribution in [0.3, 0.4) is 0 Å². The molecule has 0 aliphatic heterocycles. The fourth-order valence-electron chi connectivity index (χ4n) is 2.84. The van der Waals surface area contributed by atoms with Crippen LogP contribution in [0.5, 0.6) is 0 Å². The van der Waals surface area contributed by atoms with Gasteiger partial charge in [-0.3, -0.25) is 0 Å². The van der Waals surface area contributed by atoms with E-state index in [1.54, 1.807) is 0 Å². The number of aliphatic hydroxyl groups excluding tert-OH is 1. The first-order chi connectivity index (χ1) is 4.92. The largest absolute Gasteiger partial charge is 0.396 e. The van der Waals surface area contributed by atoms with Crippen LogP contribution in [0, 0.1) is 17.8 Å². The smallest absolute Gasteiger partial charge is 0.0433 e. The maximum Gasteiger partial charge on any atom is 0.0433 e. The lowest BCUT2D eigenvalue weighted by Gasteiger charge is -2.40. The maximum atomic E-state index is 8.72. The Hall–Kier alpha value is -0.0400. The molecule has 3 atom stereocenters. The van der Waals surface area contributed by atoms with Crippen LogP contribution in [-0.4, -0.2) is 11.7 Å². The second-order valence-corrected chi connectivity index (χ2v) is 3.86. The Morgan fingerprint density at radius 3 is 2.90 bits per heavy atom. The topological polar surface area (TPSA) is 20.2 Å². The van der Waals surface area contributed by atoms with E-state index in [9.17, 15) is 0 Å². The van der Waals surface area contributed by atoms with Gasteiger partial charge in [-0.2, -0.15) is 0 Å². The molecule has 58 valence electrons. The highest BCUT2D eigenvalue weighted by Gasteiger charge is 2.42. The Bertz CT molecular complexity index is 122. The predicted molar refractivity (Wildman–Crippen MR) is 40.6 cm³/mol. The van der Waals surface area contributed by atoms with E-state index >= 15 is 0 Å². The summed E-state index contributed by atoms with van der Waals surface area (Å²) in [6, 6.07) is 0. The van der Waals surface area contributed by atoms with Crippen molar-refractivity contribution in [2.24, 2.45) is 17.8 Å². The fraction of sp³-hybridized carbons (Fsp3) is 1.00. The summed E-state index contributed by atoms with van der Waals surface area (Å²) in [5.74, 6) is 2.99. The molecule has 2 fully saturated rings. The Balaban J connectivity index is 1.83. The molecule has 1 nitrogen and oxygen atoms in total. The molecular weight excluding hydrogens is 124 g/mol. The summed E-state index contributed by atoms with van der Waals surface area (Å²) in [7, 11) is 0. The monoisotopic (exact) mass is 140 g/mol. The van der Waals surface area contributed by atoms with Gasteiger partial charge in [-0.05, 0) is 37.0 Å². The van der Waals surface area contributed by atoms with Crippen LogP contribution in [0.1, 0.15) is 32.1 Å². The Labute approximate surface area is 62.4 Å². The summed E-state index contributed by atoms with van der Waals surface area (Å²) in [6.45, 7) is 0.411. The van der Waals surface area contributed by atoms with Crippen LogP contribution in [0.25, 0.3) is 0 Å². The number of hydrogen-bond acceptors (Lipinski definition) is 1. The lowest BCUT2D eigenvalue weighted by molar-refractivity contribution is 0.0759. The molecular formula is C9H16O. The molecule has 0 aromatic heterocycles. The van der Waals surface area contributed by atoms with Crippen LogP contribution in [0.15, 0.2) is 0 Å². The van der Waals surface area contributed by atoms with Crippen LogP contribution in [-0.2, 0) is 0 Å². The number of aliphatic hydroxyl groups is 1. The minimum atomic E-state index is 0.411. The first-order valence-corrected chi connectivity index (χ1v) is 4.52. The van der Waals surface area contributed by atoms with Gasteiger partial charge in [-0.15, -0.1) is 0 Å². The summed E-state index contributed by atoms with van der Waals surface area (Å²) >= 11 is 0. The third kappa shape index (κ3) is 0.878. The van der Waals surface area contributed by atoms with Gasteiger partial charge in [0.2, 0.25) is 0 Å². The molecule has 0 spiro atoms. The lowest BCUT2D eigenvalue weighted by Crippen LogP contribution is -2.32. The summed E-state index contributed by atoms with van der Waals surface area (Å²) in [4.78, 5) is 0. The van der Waals surface area contributed by atoms with Crippen molar-refractivity contribution in [3.63, 3.8) is 0 Å². The molecule has 0 aromatic carbocycles. The van der Waals surface area contributed by atoms with Gasteiger partial charge in [0, 0.05) is 6.61 Å². The second kappa shape index (κ2) is 2.54. The highest BCUT2D eigenvalue weighted by Crippen LogP contribution is 2.52. The highest BCUT2D eigenvalue weighted by molar-refractivity contribution is 4.92. The minimum Gasteiger partial charge on any atom is -0.396 e. The van der Waals surface area contributed by atoms with Crippen molar-refractivity contribution in [2.75, 3.05) is 6.61 Å². The molecule has 0 saturated heterocycles. The first-order valence-electron chi connectivity index (χ1n) is 4.52. The standard InChI is InChI=1S/C9H16O/c10-5-4-8-6-7-2-1-3-9(7)8/h7-10H,1-6H2. The zero-order valence-electron chi connectivity index (χ0n) is 6.42. The summed E-state index contributed by atoms with van der Waals surface area (Å²) in [5, 5.41) is 8.72. The van der Waals surface area contributed by atoms with Gasteiger partial charge >= 0.3 is 0 Å². The summed E-state index contributed by atoms with van der Waals surface area (Å²) < 4.78 is 0. The molecule has 0 heterocycles. The van der Waals surface area contributed by atoms with E-state index in [-0.39, 0.29) is 0 Å². The second-order valence-electron chi connectivity index (χ2n) is 3.86. The molecule has 1 N–H and O–H groups in total. The molecule has 0 radical (unpaired) electrons. The fourth-order valence-corrected chi connectivity index (χ4v) is 2.84. The van der Waals surface area contributed by atoms with E-state index in [2.05, 4.69) is 0 Å². The zero-order chi connectivity index (χ0) is 6.97. The van der Waals surface area contributed by atoms with Crippen LogP contribution in [0.4, 0.5) is 0 Å². The van der Waals surface area contributed by atoms with Crippen molar-refractivity contribution in [1.29, 1.82) is 0 Å². The predicted octanol–water partition coefficient (Wildman–Crippen LogP) is 1.80. The van der Waals surface area contributed by atoms with Gasteiger partial charge in [0.15, 0.2) is 0 Å². The van der Waals surface area contributed by atoms with Gasteiger partial charge < -0.3 is 5.11 Å². The average Bonchev–Trinajstić information content (AvgIpc) is 2.26. The van der Waals surface area contributed by atoms with Crippen molar-refractivity contribution < 1.29 is 5.11 Å². The van der Waals surface area contributed by atoms with Gasteiger partial charge in [0.05, 0.1) is 0 Å². The highest BCUT2D eigenvalue weighted by atomic mass is 16.3. The molecule has 2 aliphatic rings. The van der Waals surface area contributed by atoms with Crippen molar-refractivity contribution in [3.8, 4) is 0 Å². The average molecular weight is 140 g/mol.